The van der Waals surface area contributed by atoms with Gasteiger partial charge in [0, 0.05) is 18.8 Å². The fourth-order valence-corrected chi connectivity index (χ4v) is 2.42. The lowest BCUT2D eigenvalue weighted by Gasteiger charge is -2.26. The van der Waals surface area contributed by atoms with Gasteiger partial charge in [0.1, 0.15) is 5.60 Å². The van der Waals surface area contributed by atoms with E-state index >= 15 is 0 Å². The zero-order chi connectivity index (χ0) is 16.3. The normalized spacial score (nSPS) is 16.0. The number of carbonyl (C=O) groups excluding carboxylic acids is 1. The summed E-state index contributed by atoms with van der Waals surface area (Å²) in [6.07, 6.45) is 2.33. The predicted octanol–water partition coefficient (Wildman–Crippen LogP) is 4.26. The second kappa shape index (κ2) is 6.59. The third-order valence-corrected chi connectivity index (χ3v) is 3.84. The highest BCUT2D eigenvalue weighted by Crippen LogP contribution is 2.34. The Kier molecular flexibility index (Phi) is 4.99. The van der Waals surface area contributed by atoms with Crippen molar-refractivity contribution in [1.82, 2.24) is 4.90 Å². The van der Waals surface area contributed by atoms with Gasteiger partial charge < -0.3 is 15.0 Å². The lowest BCUT2D eigenvalue weighted by Crippen LogP contribution is -2.34. The van der Waals surface area contributed by atoms with Gasteiger partial charge in [0.2, 0.25) is 0 Å². The second-order valence-corrected chi connectivity index (χ2v) is 7.26. The molecule has 1 N–H and O–H groups in total. The highest BCUT2D eigenvalue weighted by molar-refractivity contribution is 5.68. The van der Waals surface area contributed by atoms with Gasteiger partial charge in [0.05, 0.1) is 6.54 Å². The van der Waals surface area contributed by atoms with Crippen LogP contribution in [0.25, 0.3) is 0 Å². The maximum atomic E-state index is 12.1. The van der Waals surface area contributed by atoms with Crippen molar-refractivity contribution in [1.29, 1.82) is 0 Å². The highest BCUT2D eigenvalue weighted by atomic mass is 16.6. The van der Waals surface area contributed by atoms with E-state index in [1.807, 2.05) is 32.9 Å². The summed E-state index contributed by atoms with van der Waals surface area (Å²) in [6, 6.07) is 8.65. The van der Waals surface area contributed by atoms with Crippen molar-refractivity contribution < 1.29 is 9.53 Å². The number of anilines is 1. The summed E-state index contributed by atoms with van der Waals surface area (Å²) in [4.78, 5) is 13.7. The highest BCUT2D eigenvalue weighted by Gasteiger charge is 2.28. The van der Waals surface area contributed by atoms with E-state index in [9.17, 15) is 4.79 Å². The third kappa shape index (κ3) is 4.93. The number of para-hydroxylation sites is 1. The van der Waals surface area contributed by atoms with Gasteiger partial charge in [-0.15, -0.1) is 0 Å². The minimum Gasteiger partial charge on any atom is -0.444 e. The molecule has 0 saturated heterocycles. The molecule has 22 heavy (non-hydrogen) atoms. The molecule has 1 aromatic carbocycles. The van der Waals surface area contributed by atoms with Crippen LogP contribution in [0.1, 0.15) is 46.1 Å². The largest absolute Gasteiger partial charge is 0.444 e. The fraction of sp³-hybridized carbons (Fsp3) is 0.611. The number of nitrogens with one attached hydrogen (secondary N) is 1. The summed E-state index contributed by atoms with van der Waals surface area (Å²) in [7, 11) is 1.77. The molecule has 1 amide bonds. The van der Waals surface area contributed by atoms with Crippen LogP contribution in [0, 0.1) is 5.92 Å². The third-order valence-electron chi connectivity index (χ3n) is 3.84. The number of amides is 1. The van der Waals surface area contributed by atoms with Crippen molar-refractivity contribution in [2.24, 2.45) is 5.92 Å². The van der Waals surface area contributed by atoms with Crippen molar-refractivity contribution in [2.45, 2.75) is 58.7 Å². The summed E-state index contributed by atoms with van der Waals surface area (Å²) < 4.78 is 5.41. The van der Waals surface area contributed by atoms with Crippen molar-refractivity contribution in [3.05, 3.63) is 29.8 Å². The van der Waals surface area contributed by atoms with E-state index in [2.05, 4.69) is 24.4 Å². The molecule has 0 bridgehead atoms. The molecule has 4 nitrogen and oxygen atoms in total. The van der Waals surface area contributed by atoms with Crippen LogP contribution in [0.5, 0.6) is 0 Å². The SMILES string of the molecule is CC(Nc1ccccc1CN(C)C(=O)OC(C)(C)C)C1CC1. The average Bonchev–Trinajstić information content (AvgIpc) is 3.23. The topological polar surface area (TPSA) is 41.6 Å². The van der Waals surface area contributed by atoms with Gasteiger partial charge in [-0.1, -0.05) is 18.2 Å². The number of carbonyl (C=O) groups is 1. The minimum absolute atomic E-state index is 0.294. The van der Waals surface area contributed by atoms with Gasteiger partial charge >= 0.3 is 6.09 Å². The number of hydrogen-bond donors (Lipinski definition) is 1. The average molecular weight is 304 g/mol. The Labute approximate surface area is 133 Å². The van der Waals surface area contributed by atoms with Crippen LogP contribution in [-0.2, 0) is 11.3 Å². The molecule has 1 aliphatic rings. The Morgan fingerprint density at radius 2 is 2.00 bits per heavy atom. The Morgan fingerprint density at radius 1 is 1.36 bits per heavy atom. The van der Waals surface area contributed by atoms with E-state index in [0.29, 0.717) is 12.6 Å². The van der Waals surface area contributed by atoms with Gasteiger partial charge in [-0.05, 0) is 58.1 Å². The first-order valence-corrected chi connectivity index (χ1v) is 8.05. The summed E-state index contributed by atoms with van der Waals surface area (Å²) in [5.74, 6) is 0.789. The maximum Gasteiger partial charge on any atom is 0.410 e. The monoisotopic (exact) mass is 304 g/mol. The van der Waals surface area contributed by atoms with Crippen LogP contribution in [0.4, 0.5) is 10.5 Å². The van der Waals surface area contributed by atoms with Gasteiger partial charge in [-0.3, -0.25) is 0 Å². The quantitative estimate of drug-likeness (QED) is 0.883. The molecule has 0 heterocycles. The van der Waals surface area contributed by atoms with E-state index in [1.165, 1.54) is 12.8 Å². The molecule has 1 fully saturated rings. The Bertz CT molecular complexity index is 518. The molecule has 4 heteroatoms. The summed E-state index contributed by atoms with van der Waals surface area (Å²) in [5, 5.41) is 3.59. The number of benzene rings is 1. The number of hydrogen-bond acceptors (Lipinski definition) is 3. The first kappa shape index (κ1) is 16.7. The Hall–Kier alpha value is -1.71. The standard InChI is InChI=1S/C18H28N2O2/c1-13(14-10-11-14)19-16-9-7-6-8-15(16)12-20(5)17(21)22-18(2,3)4/h6-9,13-14,19H,10-12H2,1-5H3. The van der Waals surface area contributed by atoms with Crippen LogP contribution in [0.3, 0.4) is 0 Å². The first-order valence-electron chi connectivity index (χ1n) is 8.05. The zero-order valence-corrected chi connectivity index (χ0v) is 14.3. The van der Waals surface area contributed by atoms with E-state index < -0.39 is 5.60 Å². The van der Waals surface area contributed by atoms with Crippen LogP contribution >= 0.6 is 0 Å². The number of rotatable bonds is 5. The molecular formula is C18H28N2O2. The van der Waals surface area contributed by atoms with E-state index in [1.54, 1.807) is 11.9 Å². The molecular weight excluding hydrogens is 276 g/mol. The molecule has 0 spiro atoms. The molecule has 1 saturated carbocycles. The van der Waals surface area contributed by atoms with Crippen molar-refractivity contribution in [3.63, 3.8) is 0 Å². The predicted molar refractivity (Wildman–Crippen MR) is 90.0 cm³/mol. The second-order valence-electron chi connectivity index (χ2n) is 7.26. The van der Waals surface area contributed by atoms with Gasteiger partial charge in [-0.25, -0.2) is 4.79 Å². The molecule has 2 rings (SSSR count). The molecule has 0 aliphatic heterocycles. The summed E-state index contributed by atoms with van der Waals surface area (Å²) >= 11 is 0. The van der Waals surface area contributed by atoms with Gasteiger partial charge in [0.15, 0.2) is 0 Å². The van der Waals surface area contributed by atoms with Crippen LogP contribution < -0.4 is 5.32 Å². The van der Waals surface area contributed by atoms with E-state index in [-0.39, 0.29) is 6.09 Å². The maximum absolute atomic E-state index is 12.1. The molecule has 122 valence electrons. The fourth-order valence-electron chi connectivity index (χ4n) is 2.42. The first-order chi connectivity index (χ1) is 10.3. The molecule has 0 radical (unpaired) electrons. The minimum atomic E-state index is -0.469. The summed E-state index contributed by atoms with van der Waals surface area (Å²) in [6.45, 7) is 8.41. The van der Waals surface area contributed by atoms with E-state index in [4.69, 9.17) is 4.74 Å². The van der Waals surface area contributed by atoms with Crippen molar-refractivity contribution in [3.8, 4) is 0 Å². The van der Waals surface area contributed by atoms with Crippen LogP contribution in [-0.4, -0.2) is 29.7 Å². The van der Waals surface area contributed by atoms with E-state index in [0.717, 1.165) is 17.2 Å². The molecule has 1 atom stereocenters. The lowest BCUT2D eigenvalue weighted by atomic mass is 10.1. The smallest absolute Gasteiger partial charge is 0.410 e. The van der Waals surface area contributed by atoms with Crippen molar-refractivity contribution in [2.75, 3.05) is 12.4 Å². The van der Waals surface area contributed by atoms with Gasteiger partial charge in [-0.2, -0.15) is 0 Å². The summed E-state index contributed by atoms with van der Waals surface area (Å²) in [5.41, 5.74) is 1.75. The zero-order valence-electron chi connectivity index (χ0n) is 14.3. The molecule has 1 unspecified atom stereocenters. The van der Waals surface area contributed by atoms with Crippen LogP contribution in [0.15, 0.2) is 24.3 Å². The Balaban J connectivity index is 2.00. The molecule has 1 aliphatic carbocycles. The van der Waals surface area contributed by atoms with Gasteiger partial charge in [0.25, 0.3) is 0 Å². The molecule has 0 aromatic heterocycles. The van der Waals surface area contributed by atoms with Crippen LogP contribution in [0.2, 0.25) is 0 Å². The Morgan fingerprint density at radius 3 is 2.59 bits per heavy atom. The number of nitrogens with zero attached hydrogens (tertiary/aromatic N) is 1. The van der Waals surface area contributed by atoms with Crippen molar-refractivity contribution >= 4 is 11.8 Å². The number of ether oxygens (including phenoxy) is 1. The molecule has 1 aromatic rings. The lowest BCUT2D eigenvalue weighted by molar-refractivity contribution is 0.0285.